The fourth-order valence-corrected chi connectivity index (χ4v) is 0.981. The molecule has 1 atom stereocenters. The molecule has 14 heavy (non-hydrogen) atoms. The standard InChI is InChI=1S/C9H10ClNO3/c1-6(9(12)13)14-5-7-2-3-11-4-8(7)10/h2-4,6H,5H2,1H3,(H,12,13)/t6-/m1/s1. The van der Waals surface area contributed by atoms with E-state index in [0.717, 1.165) is 5.56 Å². The fraction of sp³-hybridized carbons (Fsp3) is 0.333. The molecule has 76 valence electrons. The molecule has 0 bridgehead atoms. The molecule has 0 spiro atoms. The summed E-state index contributed by atoms with van der Waals surface area (Å²) in [5.41, 5.74) is 0.731. The largest absolute Gasteiger partial charge is 0.479 e. The van der Waals surface area contributed by atoms with E-state index in [1.54, 1.807) is 12.3 Å². The molecule has 0 aliphatic rings. The molecule has 0 fully saturated rings. The summed E-state index contributed by atoms with van der Waals surface area (Å²) in [6, 6.07) is 1.69. The van der Waals surface area contributed by atoms with Crippen LogP contribution in [0, 0.1) is 0 Å². The van der Waals surface area contributed by atoms with Crippen LogP contribution >= 0.6 is 11.6 Å². The Morgan fingerprint density at radius 1 is 1.79 bits per heavy atom. The minimum absolute atomic E-state index is 0.175. The van der Waals surface area contributed by atoms with Gasteiger partial charge in [0.15, 0.2) is 6.10 Å². The van der Waals surface area contributed by atoms with Crippen LogP contribution in [-0.4, -0.2) is 22.2 Å². The van der Waals surface area contributed by atoms with Gasteiger partial charge in [-0.25, -0.2) is 4.79 Å². The molecular formula is C9H10ClNO3. The van der Waals surface area contributed by atoms with E-state index in [2.05, 4.69) is 4.98 Å². The van der Waals surface area contributed by atoms with Gasteiger partial charge in [-0.3, -0.25) is 4.98 Å². The van der Waals surface area contributed by atoms with Crippen molar-refractivity contribution in [2.45, 2.75) is 19.6 Å². The third-order valence-electron chi connectivity index (χ3n) is 1.69. The highest BCUT2D eigenvalue weighted by Gasteiger charge is 2.11. The number of carboxylic acid groups (broad SMARTS) is 1. The van der Waals surface area contributed by atoms with E-state index < -0.39 is 12.1 Å². The Morgan fingerprint density at radius 2 is 2.50 bits per heavy atom. The second kappa shape index (κ2) is 4.93. The third kappa shape index (κ3) is 2.97. The molecule has 1 heterocycles. The zero-order valence-electron chi connectivity index (χ0n) is 7.61. The van der Waals surface area contributed by atoms with Crippen LogP contribution in [0.15, 0.2) is 18.5 Å². The monoisotopic (exact) mass is 215 g/mol. The predicted molar refractivity (Wildman–Crippen MR) is 51.1 cm³/mol. The highest BCUT2D eigenvalue weighted by Crippen LogP contribution is 2.14. The Hall–Kier alpha value is -1.13. The van der Waals surface area contributed by atoms with E-state index in [-0.39, 0.29) is 6.61 Å². The number of ether oxygens (including phenoxy) is 1. The SMILES string of the molecule is C[C@@H](OCc1ccncc1Cl)C(=O)O. The molecule has 0 aromatic carbocycles. The quantitative estimate of drug-likeness (QED) is 0.831. The summed E-state index contributed by atoms with van der Waals surface area (Å²) in [5.74, 6) is -0.991. The number of rotatable bonds is 4. The van der Waals surface area contributed by atoms with E-state index >= 15 is 0 Å². The Morgan fingerprint density at radius 3 is 3.07 bits per heavy atom. The molecule has 0 saturated heterocycles. The van der Waals surface area contributed by atoms with Gasteiger partial charge in [-0.1, -0.05) is 11.6 Å². The molecule has 0 radical (unpaired) electrons. The molecule has 0 unspecified atom stereocenters. The molecule has 0 aliphatic heterocycles. The Balaban J connectivity index is 2.54. The maximum absolute atomic E-state index is 10.4. The molecule has 0 amide bonds. The van der Waals surface area contributed by atoms with Crippen LogP contribution < -0.4 is 0 Å². The Bertz CT molecular complexity index is 330. The number of aromatic nitrogens is 1. The molecule has 4 nitrogen and oxygen atoms in total. The molecule has 1 rings (SSSR count). The molecule has 1 aromatic heterocycles. The van der Waals surface area contributed by atoms with Crippen molar-refractivity contribution in [1.82, 2.24) is 4.98 Å². The lowest BCUT2D eigenvalue weighted by Crippen LogP contribution is -2.19. The second-order valence-electron chi connectivity index (χ2n) is 2.76. The molecule has 0 aliphatic carbocycles. The van der Waals surface area contributed by atoms with Crippen LogP contribution in [0.2, 0.25) is 5.02 Å². The van der Waals surface area contributed by atoms with Crippen molar-refractivity contribution in [1.29, 1.82) is 0 Å². The first-order chi connectivity index (χ1) is 6.61. The first-order valence-corrected chi connectivity index (χ1v) is 4.42. The van der Waals surface area contributed by atoms with Gasteiger partial charge in [0.25, 0.3) is 0 Å². The maximum Gasteiger partial charge on any atom is 0.332 e. The van der Waals surface area contributed by atoms with Crippen LogP contribution in [-0.2, 0) is 16.1 Å². The predicted octanol–water partition coefficient (Wildman–Crippen LogP) is 1.72. The van der Waals surface area contributed by atoms with E-state index in [4.69, 9.17) is 21.4 Å². The molecule has 1 N–H and O–H groups in total. The second-order valence-corrected chi connectivity index (χ2v) is 3.17. The van der Waals surface area contributed by atoms with Gasteiger partial charge in [0.1, 0.15) is 0 Å². The Kier molecular flexibility index (Phi) is 3.85. The van der Waals surface area contributed by atoms with Crippen molar-refractivity contribution in [2.24, 2.45) is 0 Å². The topological polar surface area (TPSA) is 59.4 Å². The summed E-state index contributed by atoms with van der Waals surface area (Å²) in [5, 5.41) is 9.04. The average Bonchev–Trinajstić information content (AvgIpc) is 2.16. The third-order valence-corrected chi connectivity index (χ3v) is 2.03. The smallest absolute Gasteiger partial charge is 0.332 e. The summed E-state index contributed by atoms with van der Waals surface area (Å²) in [4.78, 5) is 14.2. The highest BCUT2D eigenvalue weighted by molar-refractivity contribution is 6.31. The summed E-state index contributed by atoms with van der Waals surface area (Å²) in [6.07, 6.45) is 2.24. The summed E-state index contributed by atoms with van der Waals surface area (Å²) < 4.78 is 5.06. The van der Waals surface area contributed by atoms with Crippen LogP contribution in [0.4, 0.5) is 0 Å². The van der Waals surface area contributed by atoms with Gasteiger partial charge in [0.2, 0.25) is 0 Å². The van der Waals surface area contributed by atoms with E-state index in [1.165, 1.54) is 13.1 Å². The summed E-state index contributed by atoms with van der Waals surface area (Å²) >= 11 is 5.80. The summed E-state index contributed by atoms with van der Waals surface area (Å²) in [7, 11) is 0. The van der Waals surface area contributed by atoms with E-state index in [0.29, 0.717) is 5.02 Å². The number of carboxylic acids is 1. The number of halogens is 1. The highest BCUT2D eigenvalue weighted by atomic mass is 35.5. The zero-order valence-corrected chi connectivity index (χ0v) is 8.36. The zero-order chi connectivity index (χ0) is 10.6. The van der Waals surface area contributed by atoms with Gasteiger partial charge >= 0.3 is 5.97 Å². The lowest BCUT2D eigenvalue weighted by Gasteiger charge is -2.08. The lowest BCUT2D eigenvalue weighted by molar-refractivity contribution is -0.149. The van der Waals surface area contributed by atoms with Crippen molar-refractivity contribution in [3.05, 3.63) is 29.0 Å². The fourth-order valence-electron chi connectivity index (χ4n) is 0.807. The molecule has 0 saturated carbocycles. The van der Waals surface area contributed by atoms with Gasteiger partial charge in [0.05, 0.1) is 11.6 Å². The van der Waals surface area contributed by atoms with Gasteiger partial charge < -0.3 is 9.84 Å². The van der Waals surface area contributed by atoms with Crippen LogP contribution in [0.5, 0.6) is 0 Å². The first kappa shape index (κ1) is 10.9. The van der Waals surface area contributed by atoms with Crippen molar-refractivity contribution in [3.63, 3.8) is 0 Å². The summed E-state index contributed by atoms with van der Waals surface area (Å²) in [6.45, 7) is 1.65. The number of aliphatic carboxylic acids is 1. The van der Waals surface area contributed by atoms with Gasteiger partial charge in [-0.15, -0.1) is 0 Å². The van der Waals surface area contributed by atoms with Crippen molar-refractivity contribution in [2.75, 3.05) is 0 Å². The molecule has 1 aromatic rings. The van der Waals surface area contributed by atoms with Crippen LogP contribution in [0.3, 0.4) is 0 Å². The van der Waals surface area contributed by atoms with Crippen molar-refractivity contribution in [3.8, 4) is 0 Å². The number of pyridine rings is 1. The van der Waals surface area contributed by atoms with Crippen LogP contribution in [0.1, 0.15) is 12.5 Å². The maximum atomic E-state index is 10.4. The minimum Gasteiger partial charge on any atom is -0.479 e. The van der Waals surface area contributed by atoms with Gasteiger partial charge in [-0.05, 0) is 18.6 Å². The van der Waals surface area contributed by atoms with Crippen molar-refractivity contribution >= 4 is 17.6 Å². The Labute approximate surface area is 86.5 Å². The minimum atomic E-state index is -0.991. The number of nitrogens with zero attached hydrogens (tertiary/aromatic N) is 1. The first-order valence-electron chi connectivity index (χ1n) is 4.04. The number of hydrogen-bond donors (Lipinski definition) is 1. The average molecular weight is 216 g/mol. The van der Waals surface area contributed by atoms with E-state index in [1.807, 2.05) is 0 Å². The van der Waals surface area contributed by atoms with Gasteiger partial charge in [0, 0.05) is 12.4 Å². The van der Waals surface area contributed by atoms with Crippen molar-refractivity contribution < 1.29 is 14.6 Å². The van der Waals surface area contributed by atoms with Gasteiger partial charge in [-0.2, -0.15) is 0 Å². The lowest BCUT2D eigenvalue weighted by atomic mass is 10.3. The molecular weight excluding hydrogens is 206 g/mol. The molecule has 5 heteroatoms. The number of carbonyl (C=O) groups is 1. The van der Waals surface area contributed by atoms with Crippen LogP contribution in [0.25, 0.3) is 0 Å². The normalized spacial score (nSPS) is 12.4. The van der Waals surface area contributed by atoms with E-state index in [9.17, 15) is 4.79 Å². The number of hydrogen-bond acceptors (Lipinski definition) is 3.